The minimum absolute atomic E-state index is 0.00199. The van der Waals surface area contributed by atoms with E-state index in [0.29, 0.717) is 148 Å². The van der Waals surface area contributed by atoms with Gasteiger partial charge in [-0.1, -0.05) is 0 Å². The van der Waals surface area contributed by atoms with Gasteiger partial charge in [0.25, 0.3) is 0 Å². The fourth-order valence-corrected chi connectivity index (χ4v) is 17.2. The molecule has 20 rings (SSSR count). The fraction of sp³-hybridized carbons (Fsp3) is 0.313. The molecule has 0 amide bonds. The van der Waals surface area contributed by atoms with E-state index in [4.69, 9.17) is 42.9 Å². The van der Waals surface area contributed by atoms with Gasteiger partial charge < -0.3 is 64.1 Å². The van der Waals surface area contributed by atoms with Crippen molar-refractivity contribution in [2.24, 2.45) is 28.2 Å². The number of anilines is 4. The molecule has 16 aromatic rings. The van der Waals surface area contributed by atoms with Crippen molar-refractivity contribution in [2.75, 3.05) is 95.3 Å². The monoisotopic (exact) mass is 1790 g/mol. The van der Waals surface area contributed by atoms with Crippen molar-refractivity contribution in [2.45, 2.75) is 106 Å². The lowest BCUT2D eigenvalue weighted by molar-refractivity contribution is 0.144. The molecule has 0 unspecified atom stereocenters. The molecule has 132 heavy (non-hydrogen) atoms. The highest BCUT2D eigenvalue weighted by Crippen LogP contribution is 2.42. The van der Waals surface area contributed by atoms with E-state index in [2.05, 4.69) is 87.5 Å². The molecule has 0 radical (unpaired) electrons. The van der Waals surface area contributed by atoms with Crippen LogP contribution in [-0.2, 0) is 84.8 Å². The third-order valence-corrected chi connectivity index (χ3v) is 23.4. The average molecular weight is 1790 g/mol. The third kappa shape index (κ3) is 19.2. The van der Waals surface area contributed by atoms with Gasteiger partial charge in [-0.2, -0.15) is 20.4 Å². The standard InChI is InChI=1S/C26H29FN6O2.C25H26FN5O3.C25H26FN5O2.C23H22FN5O/c1-16-11-23(33(4)31-16)20-14-30-26(21-15-28-25(12-18(20)21)35-10-8-32(2)3)29-13-19-17-7-9-34-24(17)6-5-22(19)27;1-15-10-22(31(2)30-15)19-13-29-25(20-14-27-24(11-17(19)20)34-9-8-32-3)28-12-18-16-6-7-33-23(16)5-4-21(18)26;1-14(2)33-24-10-17-19(22-9-15(3)30-31(22)4)12-29-25(20(17)13-27-24)28-11-18-16-7-8-32-23(16)6-5-21(18)26;1-13-8-16-18(21-9-14(2)28-29(21)3)11-27-23(19(16)12-25-13)26-10-17-15-6-7-30-22(15)5-4-20(17)24/h5-6,11-12,14-15H,7-10,13H2,1-4H3,(H,29,30);4-5,10-11,13-14H,6-9,12H2,1-3H3,(H,28,29);5-6,9-10,12-14H,7-8,11H2,1-4H3,(H,28,29);4-5,8-9,11-12H,6-7,10H2,1-3H3,(H,26,27). The van der Waals surface area contributed by atoms with E-state index < -0.39 is 0 Å². The van der Waals surface area contributed by atoms with E-state index >= 15 is 0 Å². The summed E-state index contributed by atoms with van der Waals surface area (Å²) in [6, 6.07) is 28.5. The van der Waals surface area contributed by atoms with E-state index in [1.165, 1.54) is 24.3 Å². The zero-order valence-electron chi connectivity index (χ0n) is 76.1. The molecule has 0 saturated heterocycles. The van der Waals surface area contributed by atoms with Crippen molar-refractivity contribution >= 4 is 66.4 Å². The predicted octanol–water partition coefficient (Wildman–Crippen LogP) is 17.2. The summed E-state index contributed by atoms with van der Waals surface area (Å²) >= 11 is 0. The lowest BCUT2D eigenvalue weighted by Gasteiger charge is -2.15. The van der Waals surface area contributed by atoms with Gasteiger partial charge in [0.2, 0.25) is 17.6 Å². The fourth-order valence-electron chi connectivity index (χ4n) is 17.2. The van der Waals surface area contributed by atoms with Gasteiger partial charge in [0.15, 0.2) is 0 Å². The molecule has 4 aliphatic rings. The van der Waals surface area contributed by atoms with Crippen LogP contribution in [0.4, 0.5) is 40.8 Å². The van der Waals surface area contributed by atoms with Gasteiger partial charge in [0.05, 0.1) is 84.7 Å². The van der Waals surface area contributed by atoms with Gasteiger partial charge in [-0.3, -0.25) is 23.7 Å². The van der Waals surface area contributed by atoms with Crippen molar-refractivity contribution in [3.05, 3.63) is 243 Å². The number of hydrogen-bond donors (Lipinski definition) is 4. The first-order chi connectivity index (χ1) is 63.9. The van der Waals surface area contributed by atoms with Crippen LogP contribution in [-0.4, -0.2) is 164 Å². The SMILES string of the molecule is COCCOc1cc2c(-c3cc(C)nn3C)cnc(NCc3c(F)ccc4c3CCO4)c2cn1.Cc1cc(-c2cnc(NCc3c(F)ccc4c3CCO4)c3cnc(OC(C)C)cc23)n(C)n1.Cc1cc(-c2cnc(NCc3c(F)ccc4c3CCO4)c3cnc(OCCN(C)C)cc23)n(C)n1.Cc1cc2c(-c3cc(C)nn3C)cnc(NCc3c(F)ccc4c3CCO4)c2cn1. The molecule has 0 aliphatic carbocycles. The van der Waals surface area contributed by atoms with Gasteiger partial charge in [-0.15, -0.1) is 0 Å². The Morgan fingerprint density at radius 1 is 0.356 bits per heavy atom. The highest BCUT2D eigenvalue weighted by molar-refractivity contribution is 6.04. The summed E-state index contributed by atoms with van der Waals surface area (Å²) in [4.78, 5) is 38.7. The largest absolute Gasteiger partial charge is 0.493 e. The number of fused-ring (bicyclic) bond motifs is 8. The average Bonchev–Trinajstić information content (AvgIpc) is 1.22. The van der Waals surface area contributed by atoms with Crippen LogP contribution in [0.1, 0.15) is 86.8 Å². The molecule has 680 valence electrons. The first kappa shape index (κ1) is 89.4. The first-order valence-electron chi connectivity index (χ1n) is 43.8. The maximum atomic E-state index is 14.7. The number of methoxy groups -OCH3 is 1. The highest BCUT2D eigenvalue weighted by atomic mass is 19.1. The lowest BCUT2D eigenvalue weighted by atomic mass is 10.0. The van der Waals surface area contributed by atoms with Crippen LogP contribution < -0.4 is 54.4 Å². The topological polar surface area (TPSA) is 300 Å². The second-order valence-corrected chi connectivity index (χ2v) is 33.3. The molecule has 29 nitrogen and oxygen atoms in total. The number of aromatic nitrogens is 16. The van der Waals surface area contributed by atoms with Crippen molar-refractivity contribution in [3.63, 3.8) is 0 Å². The summed E-state index contributed by atoms with van der Waals surface area (Å²) in [6.07, 6.45) is 17.2. The van der Waals surface area contributed by atoms with Crippen molar-refractivity contribution in [3.8, 4) is 85.7 Å². The Morgan fingerprint density at radius 3 is 0.947 bits per heavy atom. The first-order valence-corrected chi connectivity index (χ1v) is 43.8. The van der Waals surface area contributed by atoms with Crippen molar-refractivity contribution < 1.29 is 55.5 Å². The van der Waals surface area contributed by atoms with E-state index in [1.54, 1.807) is 56.2 Å². The number of hydrogen-bond acceptors (Lipinski definition) is 25. The molecule has 0 saturated carbocycles. The lowest BCUT2D eigenvalue weighted by Crippen LogP contribution is -2.19. The summed E-state index contributed by atoms with van der Waals surface area (Å²) in [6.45, 7) is 19.4. The predicted molar refractivity (Wildman–Crippen MR) is 500 cm³/mol. The number of halogens is 4. The number of benzene rings is 4. The molecular weight excluding hydrogens is 1690 g/mol. The number of aryl methyl sites for hydroxylation is 9. The maximum Gasteiger partial charge on any atom is 0.214 e. The Bertz CT molecular complexity index is 7020. The van der Waals surface area contributed by atoms with Crippen LogP contribution in [0.25, 0.3) is 88.1 Å². The molecule has 4 aromatic carbocycles. The summed E-state index contributed by atoms with van der Waals surface area (Å²) in [5.41, 5.74) is 18.3. The quantitative estimate of drug-likeness (QED) is 0.0289. The Balaban J connectivity index is 0.000000123. The normalized spacial score (nSPS) is 12.7. The van der Waals surface area contributed by atoms with Gasteiger partial charge in [-0.05, 0) is 147 Å². The van der Waals surface area contributed by atoms with Crippen LogP contribution in [0.15, 0.2) is 147 Å². The molecule has 0 fully saturated rings. The van der Waals surface area contributed by atoms with Gasteiger partial charge >= 0.3 is 0 Å². The molecule has 4 aliphatic heterocycles. The Hall–Kier alpha value is -14.6. The Labute approximate surface area is 760 Å². The van der Waals surface area contributed by atoms with Crippen LogP contribution in [0.5, 0.6) is 40.6 Å². The minimum Gasteiger partial charge on any atom is -0.493 e. The smallest absolute Gasteiger partial charge is 0.214 e. The Kier molecular flexibility index (Phi) is 26.4. The van der Waals surface area contributed by atoms with Crippen LogP contribution in [0.3, 0.4) is 0 Å². The van der Waals surface area contributed by atoms with Gasteiger partial charge in [-0.25, -0.2) is 52.4 Å². The number of pyridine rings is 8. The molecule has 16 heterocycles. The number of nitrogens with zero attached hydrogens (tertiary/aromatic N) is 17. The summed E-state index contributed by atoms with van der Waals surface area (Å²) < 4.78 is 111. The minimum atomic E-state index is -0.255. The van der Waals surface area contributed by atoms with Crippen molar-refractivity contribution in [1.29, 1.82) is 0 Å². The number of ether oxygens (including phenoxy) is 8. The van der Waals surface area contributed by atoms with Crippen LogP contribution in [0.2, 0.25) is 0 Å². The molecule has 4 N–H and O–H groups in total. The zero-order valence-corrected chi connectivity index (χ0v) is 76.1. The summed E-state index contributed by atoms with van der Waals surface area (Å²) in [5.74, 6) is 6.18. The highest BCUT2D eigenvalue weighted by Gasteiger charge is 2.28. The second-order valence-electron chi connectivity index (χ2n) is 33.3. The number of rotatable bonds is 26. The molecule has 0 spiro atoms. The molecular formula is C99H103F4N21O8. The van der Waals surface area contributed by atoms with E-state index in [1.807, 2.05) is 177 Å². The Morgan fingerprint density at radius 2 is 0.652 bits per heavy atom. The number of nitrogens with one attached hydrogen (secondary N) is 4. The summed E-state index contributed by atoms with van der Waals surface area (Å²) in [7, 11) is 13.3. The third-order valence-electron chi connectivity index (χ3n) is 23.4. The molecule has 0 atom stereocenters. The number of likely N-dealkylation sites (N-methyl/N-ethyl adjacent to an activating group) is 1. The van der Waals surface area contributed by atoms with Crippen LogP contribution in [0, 0.1) is 57.9 Å². The van der Waals surface area contributed by atoms with E-state index in [9.17, 15) is 17.6 Å². The summed E-state index contributed by atoms with van der Waals surface area (Å²) in [5, 5.41) is 38.4. The maximum absolute atomic E-state index is 14.7. The second kappa shape index (κ2) is 39.0. The van der Waals surface area contributed by atoms with Gasteiger partial charge in [0.1, 0.15) is 82.8 Å². The van der Waals surface area contributed by atoms with Crippen molar-refractivity contribution in [1.82, 2.24) is 83.9 Å². The van der Waals surface area contributed by atoms with Gasteiger partial charge in [0, 0.05) is 272 Å². The molecule has 12 aromatic heterocycles. The van der Waals surface area contributed by atoms with Crippen LogP contribution >= 0.6 is 0 Å². The zero-order chi connectivity index (χ0) is 92.1. The van der Waals surface area contributed by atoms with E-state index in [-0.39, 0.29) is 35.9 Å². The molecule has 0 bridgehead atoms. The van der Waals surface area contributed by atoms with E-state index in [0.717, 1.165) is 175 Å². The molecule has 33 heteroatoms.